The average molecular weight is 275 g/mol. The fourth-order valence-electron chi connectivity index (χ4n) is 2.56. The van der Waals surface area contributed by atoms with Crippen LogP contribution >= 0.6 is 0 Å². The molecule has 1 unspecified atom stereocenters. The summed E-state index contributed by atoms with van der Waals surface area (Å²) in [7, 11) is 0. The Hall–Kier alpha value is -1.65. The molecule has 5 nitrogen and oxygen atoms in total. The van der Waals surface area contributed by atoms with E-state index in [1.165, 1.54) is 0 Å². The van der Waals surface area contributed by atoms with Gasteiger partial charge in [-0.15, -0.1) is 0 Å². The molecule has 3 rings (SSSR count). The number of hydrogen-bond donors (Lipinski definition) is 0. The molecule has 20 heavy (non-hydrogen) atoms. The van der Waals surface area contributed by atoms with Gasteiger partial charge in [0.05, 0.1) is 6.54 Å². The number of hydrogen-bond acceptors (Lipinski definition) is 4. The van der Waals surface area contributed by atoms with Crippen molar-refractivity contribution in [1.82, 2.24) is 14.9 Å². The molecule has 1 saturated carbocycles. The first kappa shape index (κ1) is 13.3. The molecule has 0 radical (unpaired) electrons. The fraction of sp³-hybridized carbons (Fsp3) is 0.667. The summed E-state index contributed by atoms with van der Waals surface area (Å²) in [6.07, 6.45) is 8.64. The molecular formula is C15H21N3O2. The molecule has 1 amide bonds. The number of amides is 1. The van der Waals surface area contributed by atoms with Gasteiger partial charge < -0.3 is 9.64 Å². The van der Waals surface area contributed by atoms with Crippen LogP contribution in [0.25, 0.3) is 0 Å². The SMILES string of the molecule is CCc1cnc(OC2CCCN(C(=O)C3CC3)C2)nc1. The predicted octanol–water partition coefficient (Wildman–Crippen LogP) is 1.82. The first-order chi connectivity index (χ1) is 9.76. The van der Waals surface area contributed by atoms with Gasteiger partial charge in [0.25, 0.3) is 0 Å². The number of nitrogens with zero attached hydrogens (tertiary/aromatic N) is 3. The normalized spacial score (nSPS) is 22.6. The van der Waals surface area contributed by atoms with Crippen LogP contribution in [0.3, 0.4) is 0 Å². The second-order valence-electron chi connectivity index (χ2n) is 5.67. The Labute approximate surface area is 119 Å². The molecule has 1 saturated heterocycles. The maximum absolute atomic E-state index is 12.1. The van der Waals surface area contributed by atoms with E-state index in [2.05, 4.69) is 16.9 Å². The lowest BCUT2D eigenvalue weighted by Gasteiger charge is -2.32. The minimum atomic E-state index is 0.0268. The van der Waals surface area contributed by atoms with Crippen LogP contribution in [0.5, 0.6) is 6.01 Å². The molecule has 0 bridgehead atoms. The zero-order valence-corrected chi connectivity index (χ0v) is 11.9. The monoisotopic (exact) mass is 275 g/mol. The smallest absolute Gasteiger partial charge is 0.316 e. The third-order valence-corrected chi connectivity index (χ3v) is 3.98. The molecule has 0 N–H and O–H groups in total. The van der Waals surface area contributed by atoms with E-state index in [0.29, 0.717) is 18.5 Å². The molecule has 1 atom stereocenters. The van der Waals surface area contributed by atoms with E-state index in [0.717, 1.165) is 44.2 Å². The van der Waals surface area contributed by atoms with Gasteiger partial charge in [0, 0.05) is 24.9 Å². The molecule has 1 aliphatic heterocycles. The number of piperidine rings is 1. The van der Waals surface area contributed by atoms with Crippen LogP contribution in [0, 0.1) is 5.92 Å². The lowest BCUT2D eigenvalue weighted by molar-refractivity contribution is -0.135. The van der Waals surface area contributed by atoms with Crippen LogP contribution < -0.4 is 4.74 Å². The summed E-state index contributed by atoms with van der Waals surface area (Å²) >= 11 is 0. The second-order valence-corrected chi connectivity index (χ2v) is 5.67. The van der Waals surface area contributed by atoms with E-state index in [1.54, 1.807) is 12.4 Å². The summed E-state index contributed by atoms with van der Waals surface area (Å²) in [5.41, 5.74) is 1.10. The van der Waals surface area contributed by atoms with Crippen molar-refractivity contribution in [1.29, 1.82) is 0 Å². The minimum absolute atomic E-state index is 0.0268. The Morgan fingerprint density at radius 3 is 2.75 bits per heavy atom. The molecule has 1 aliphatic carbocycles. The minimum Gasteiger partial charge on any atom is -0.458 e. The quantitative estimate of drug-likeness (QED) is 0.841. The van der Waals surface area contributed by atoms with E-state index in [-0.39, 0.29) is 12.0 Å². The Morgan fingerprint density at radius 1 is 1.35 bits per heavy atom. The number of carbonyl (C=O) groups is 1. The summed E-state index contributed by atoms with van der Waals surface area (Å²) in [4.78, 5) is 22.5. The molecule has 2 heterocycles. The van der Waals surface area contributed by atoms with Crippen molar-refractivity contribution in [2.45, 2.75) is 45.1 Å². The van der Waals surface area contributed by atoms with E-state index >= 15 is 0 Å². The maximum Gasteiger partial charge on any atom is 0.316 e. The summed E-state index contributed by atoms with van der Waals surface area (Å²) in [6, 6.07) is 0.424. The molecule has 5 heteroatoms. The number of aryl methyl sites for hydroxylation is 1. The van der Waals surface area contributed by atoms with E-state index in [1.807, 2.05) is 4.90 Å². The van der Waals surface area contributed by atoms with Crippen LogP contribution in [0.15, 0.2) is 12.4 Å². The predicted molar refractivity (Wildman–Crippen MR) is 74.4 cm³/mol. The molecule has 1 aromatic heterocycles. The molecule has 0 aromatic carbocycles. The van der Waals surface area contributed by atoms with Crippen molar-refractivity contribution in [2.24, 2.45) is 5.92 Å². The van der Waals surface area contributed by atoms with Gasteiger partial charge in [0.15, 0.2) is 0 Å². The maximum atomic E-state index is 12.1. The molecule has 2 fully saturated rings. The van der Waals surface area contributed by atoms with Crippen molar-refractivity contribution < 1.29 is 9.53 Å². The van der Waals surface area contributed by atoms with Gasteiger partial charge in [0.2, 0.25) is 5.91 Å². The van der Waals surface area contributed by atoms with Crippen molar-refractivity contribution in [3.8, 4) is 6.01 Å². The van der Waals surface area contributed by atoms with Crippen LogP contribution in [0.2, 0.25) is 0 Å². The zero-order valence-electron chi connectivity index (χ0n) is 11.9. The van der Waals surface area contributed by atoms with Gasteiger partial charge in [-0.2, -0.15) is 0 Å². The molecule has 108 valence electrons. The highest BCUT2D eigenvalue weighted by Crippen LogP contribution is 2.32. The molecule has 0 spiro atoms. The lowest BCUT2D eigenvalue weighted by atomic mass is 10.1. The van der Waals surface area contributed by atoms with Crippen molar-refractivity contribution in [3.05, 3.63) is 18.0 Å². The Kier molecular flexibility index (Phi) is 3.85. The number of carbonyl (C=O) groups excluding carboxylic acids is 1. The lowest BCUT2D eigenvalue weighted by Crippen LogP contribution is -2.45. The number of ether oxygens (including phenoxy) is 1. The topological polar surface area (TPSA) is 55.3 Å². The summed E-state index contributed by atoms with van der Waals surface area (Å²) in [5.74, 6) is 0.592. The van der Waals surface area contributed by atoms with Crippen molar-refractivity contribution in [2.75, 3.05) is 13.1 Å². The van der Waals surface area contributed by atoms with E-state index < -0.39 is 0 Å². The van der Waals surface area contributed by atoms with Gasteiger partial charge in [-0.05, 0) is 37.7 Å². The second kappa shape index (κ2) is 5.77. The van der Waals surface area contributed by atoms with Crippen LogP contribution in [0.1, 0.15) is 38.2 Å². The van der Waals surface area contributed by atoms with E-state index in [4.69, 9.17) is 4.74 Å². The fourth-order valence-corrected chi connectivity index (χ4v) is 2.56. The van der Waals surface area contributed by atoms with Gasteiger partial charge in [-0.25, -0.2) is 9.97 Å². The number of likely N-dealkylation sites (tertiary alicyclic amines) is 1. The largest absolute Gasteiger partial charge is 0.458 e. The Bertz CT molecular complexity index is 471. The highest BCUT2D eigenvalue weighted by Gasteiger charge is 2.35. The highest BCUT2D eigenvalue weighted by atomic mass is 16.5. The van der Waals surface area contributed by atoms with Crippen LogP contribution in [0.4, 0.5) is 0 Å². The zero-order chi connectivity index (χ0) is 13.9. The Morgan fingerprint density at radius 2 is 2.10 bits per heavy atom. The first-order valence-corrected chi connectivity index (χ1v) is 7.52. The third kappa shape index (κ3) is 3.08. The first-order valence-electron chi connectivity index (χ1n) is 7.52. The van der Waals surface area contributed by atoms with Gasteiger partial charge in [0.1, 0.15) is 6.10 Å². The molecule has 1 aromatic rings. The van der Waals surface area contributed by atoms with Gasteiger partial charge in [-0.3, -0.25) is 4.79 Å². The molecule has 2 aliphatic rings. The van der Waals surface area contributed by atoms with Crippen molar-refractivity contribution in [3.63, 3.8) is 0 Å². The number of rotatable bonds is 4. The number of aromatic nitrogens is 2. The van der Waals surface area contributed by atoms with Crippen molar-refractivity contribution >= 4 is 5.91 Å². The van der Waals surface area contributed by atoms with E-state index in [9.17, 15) is 4.79 Å². The Balaban J connectivity index is 1.57. The summed E-state index contributed by atoms with van der Waals surface area (Å²) in [5, 5.41) is 0. The van der Waals surface area contributed by atoms with Gasteiger partial charge >= 0.3 is 6.01 Å². The average Bonchev–Trinajstić information content (AvgIpc) is 3.32. The summed E-state index contributed by atoms with van der Waals surface area (Å²) in [6.45, 7) is 3.61. The van der Waals surface area contributed by atoms with Crippen LogP contribution in [-0.4, -0.2) is 40.0 Å². The molecular weight excluding hydrogens is 254 g/mol. The highest BCUT2D eigenvalue weighted by molar-refractivity contribution is 5.81. The summed E-state index contributed by atoms with van der Waals surface area (Å²) < 4.78 is 5.82. The standard InChI is InChI=1S/C15H21N3O2/c1-2-11-8-16-15(17-9-11)20-13-4-3-7-18(10-13)14(19)12-5-6-12/h8-9,12-13H,2-7,10H2,1H3. The van der Waals surface area contributed by atoms with Gasteiger partial charge in [-0.1, -0.05) is 6.92 Å². The van der Waals surface area contributed by atoms with Crippen LogP contribution in [-0.2, 0) is 11.2 Å². The third-order valence-electron chi connectivity index (χ3n) is 3.98.